The first-order valence-corrected chi connectivity index (χ1v) is 4.30. The van der Waals surface area contributed by atoms with Gasteiger partial charge in [0.05, 0.1) is 0 Å². The first-order valence-electron chi connectivity index (χ1n) is 4.30. The van der Waals surface area contributed by atoms with Crippen molar-refractivity contribution in [1.29, 1.82) is 0 Å². The highest BCUT2D eigenvalue weighted by atomic mass is 16.3. The highest BCUT2D eigenvalue weighted by molar-refractivity contribution is 5.58. The molecule has 0 saturated carbocycles. The lowest BCUT2D eigenvalue weighted by Gasteiger charge is -1.99. The van der Waals surface area contributed by atoms with Crippen LogP contribution in [0.25, 0.3) is 6.08 Å². The molecule has 13 heavy (non-hydrogen) atoms. The minimum atomic E-state index is 0.325. The van der Waals surface area contributed by atoms with Crippen LogP contribution in [0, 0.1) is 0 Å². The fraction of sp³-hybridized carbons (Fsp3) is 0.167. The lowest BCUT2D eigenvalue weighted by Crippen LogP contribution is -1.76. The third kappa shape index (κ3) is 2.79. The molecule has 0 aliphatic carbocycles. The molecule has 0 heterocycles. The summed E-state index contributed by atoms with van der Waals surface area (Å²) in [6, 6.07) is 7.30. The van der Waals surface area contributed by atoms with Crippen molar-refractivity contribution in [2.24, 2.45) is 0 Å². The molecule has 0 unspecified atom stereocenters. The third-order valence-electron chi connectivity index (χ3n) is 1.80. The Bertz CT molecular complexity index is 324. The van der Waals surface area contributed by atoms with Gasteiger partial charge in [0, 0.05) is 5.56 Å². The van der Waals surface area contributed by atoms with Crippen LogP contribution in [-0.2, 0) is 0 Å². The predicted octanol–water partition coefficient (Wildman–Crippen LogP) is 3.37. The summed E-state index contributed by atoms with van der Waals surface area (Å²) in [5, 5.41) is 9.46. The molecule has 68 valence electrons. The number of phenols is 1. The summed E-state index contributed by atoms with van der Waals surface area (Å²) >= 11 is 0. The van der Waals surface area contributed by atoms with Crippen LogP contribution < -0.4 is 0 Å². The second kappa shape index (κ2) is 4.51. The van der Waals surface area contributed by atoms with Gasteiger partial charge in [-0.15, -0.1) is 6.58 Å². The Hall–Kier alpha value is -1.50. The number of para-hydroxylation sites is 1. The SMILES string of the molecule is C=CC/C(C)=C/c1ccccc1O. The predicted molar refractivity (Wildman–Crippen MR) is 56.6 cm³/mol. The monoisotopic (exact) mass is 174 g/mol. The number of rotatable bonds is 3. The van der Waals surface area contributed by atoms with E-state index >= 15 is 0 Å². The van der Waals surface area contributed by atoms with Gasteiger partial charge in [0.25, 0.3) is 0 Å². The Balaban J connectivity index is 2.90. The van der Waals surface area contributed by atoms with Crippen molar-refractivity contribution in [3.8, 4) is 5.75 Å². The number of allylic oxidation sites excluding steroid dienone is 2. The fourth-order valence-electron chi connectivity index (χ4n) is 1.16. The molecule has 1 nitrogen and oxygen atoms in total. The van der Waals surface area contributed by atoms with Crippen molar-refractivity contribution in [3.05, 3.63) is 48.1 Å². The minimum absolute atomic E-state index is 0.325. The van der Waals surface area contributed by atoms with Crippen LogP contribution in [0.4, 0.5) is 0 Å². The van der Waals surface area contributed by atoms with Crippen LogP contribution in [0.1, 0.15) is 18.9 Å². The maximum Gasteiger partial charge on any atom is 0.122 e. The second-order valence-electron chi connectivity index (χ2n) is 3.04. The van der Waals surface area contributed by atoms with E-state index in [0.717, 1.165) is 12.0 Å². The van der Waals surface area contributed by atoms with E-state index in [1.54, 1.807) is 6.07 Å². The molecule has 0 bridgehead atoms. The lowest BCUT2D eigenvalue weighted by atomic mass is 10.1. The first kappa shape index (κ1) is 9.59. The Labute approximate surface area is 79.0 Å². The largest absolute Gasteiger partial charge is 0.507 e. The zero-order chi connectivity index (χ0) is 9.68. The zero-order valence-corrected chi connectivity index (χ0v) is 7.83. The molecule has 0 radical (unpaired) electrons. The average Bonchev–Trinajstić information content (AvgIpc) is 2.09. The molecule has 0 aromatic heterocycles. The van der Waals surface area contributed by atoms with Crippen LogP contribution in [0.5, 0.6) is 5.75 Å². The van der Waals surface area contributed by atoms with Gasteiger partial charge in [-0.3, -0.25) is 0 Å². The quantitative estimate of drug-likeness (QED) is 0.696. The van der Waals surface area contributed by atoms with E-state index in [0.29, 0.717) is 5.75 Å². The number of aromatic hydroxyl groups is 1. The van der Waals surface area contributed by atoms with Crippen LogP contribution >= 0.6 is 0 Å². The molecule has 1 N–H and O–H groups in total. The first-order chi connectivity index (χ1) is 6.24. The Morgan fingerprint density at radius 1 is 1.46 bits per heavy atom. The Morgan fingerprint density at radius 2 is 2.15 bits per heavy atom. The summed E-state index contributed by atoms with van der Waals surface area (Å²) in [6.07, 6.45) is 4.68. The summed E-state index contributed by atoms with van der Waals surface area (Å²) in [6.45, 7) is 5.68. The maximum atomic E-state index is 9.46. The Kier molecular flexibility index (Phi) is 3.32. The standard InChI is InChI=1S/C12H14O/c1-3-6-10(2)9-11-7-4-5-8-12(11)13/h3-5,7-9,13H,1,6H2,2H3/b10-9+. The summed E-state index contributed by atoms with van der Waals surface area (Å²) < 4.78 is 0. The van der Waals surface area contributed by atoms with E-state index in [4.69, 9.17) is 0 Å². The smallest absolute Gasteiger partial charge is 0.122 e. The summed E-state index contributed by atoms with van der Waals surface area (Å²) in [5.41, 5.74) is 2.05. The van der Waals surface area contributed by atoms with E-state index in [9.17, 15) is 5.11 Å². The summed E-state index contributed by atoms with van der Waals surface area (Å²) in [7, 11) is 0. The third-order valence-corrected chi connectivity index (χ3v) is 1.80. The molecular formula is C12H14O. The van der Waals surface area contributed by atoms with Gasteiger partial charge in [-0.25, -0.2) is 0 Å². The van der Waals surface area contributed by atoms with Crippen molar-refractivity contribution in [1.82, 2.24) is 0 Å². The molecule has 1 rings (SSSR count). The fourth-order valence-corrected chi connectivity index (χ4v) is 1.16. The summed E-state index contributed by atoms with van der Waals surface area (Å²) in [5.74, 6) is 0.325. The van der Waals surface area contributed by atoms with Crippen molar-refractivity contribution in [3.63, 3.8) is 0 Å². The molecule has 1 heteroatoms. The van der Waals surface area contributed by atoms with E-state index < -0.39 is 0 Å². The molecule has 0 aliphatic heterocycles. The highest BCUT2D eigenvalue weighted by Crippen LogP contribution is 2.19. The van der Waals surface area contributed by atoms with E-state index in [1.165, 1.54) is 5.57 Å². The van der Waals surface area contributed by atoms with Gasteiger partial charge in [0.1, 0.15) is 5.75 Å². The van der Waals surface area contributed by atoms with Crippen LogP contribution in [-0.4, -0.2) is 5.11 Å². The molecule has 0 amide bonds. The van der Waals surface area contributed by atoms with Crippen molar-refractivity contribution in [2.45, 2.75) is 13.3 Å². The molecule has 0 atom stereocenters. The van der Waals surface area contributed by atoms with Crippen LogP contribution in [0.3, 0.4) is 0 Å². The van der Waals surface area contributed by atoms with E-state index in [2.05, 4.69) is 6.58 Å². The second-order valence-corrected chi connectivity index (χ2v) is 3.04. The molecule has 0 saturated heterocycles. The average molecular weight is 174 g/mol. The van der Waals surface area contributed by atoms with E-state index in [1.807, 2.05) is 37.3 Å². The molecular weight excluding hydrogens is 160 g/mol. The highest BCUT2D eigenvalue weighted by Gasteiger charge is 1.95. The minimum Gasteiger partial charge on any atom is -0.507 e. The molecule has 1 aromatic rings. The Morgan fingerprint density at radius 3 is 2.77 bits per heavy atom. The number of phenolic OH excluding ortho intramolecular Hbond substituents is 1. The van der Waals surface area contributed by atoms with Gasteiger partial charge < -0.3 is 5.11 Å². The molecule has 0 aliphatic rings. The van der Waals surface area contributed by atoms with E-state index in [-0.39, 0.29) is 0 Å². The lowest BCUT2D eigenvalue weighted by molar-refractivity contribution is 0.474. The van der Waals surface area contributed by atoms with Crippen molar-refractivity contribution >= 4 is 6.08 Å². The number of hydrogen-bond acceptors (Lipinski definition) is 1. The zero-order valence-electron chi connectivity index (χ0n) is 7.83. The van der Waals surface area contributed by atoms with Crippen molar-refractivity contribution in [2.75, 3.05) is 0 Å². The number of hydrogen-bond donors (Lipinski definition) is 1. The maximum absolute atomic E-state index is 9.46. The van der Waals surface area contributed by atoms with Crippen LogP contribution in [0.2, 0.25) is 0 Å². The van der Waals surface area contributed by atoms with Gasteiger partial charge in [0.2, 0.25) is 0 Å². The normalized spacial score (nSPS) is 11.3. The van der Waals surface area contributed by atoms with Gasteiger partial charge in [-0.05, 0) is 19.4 Å². The van der Waals surface area contributed by atoms with Gasteiger partial charge >= 0.3 is 0 Å². The van der Waals surface area contributed by atoms with Gasteiger partial charge in [-0.1, -0.05) is 35.9 Å². The van der Waals surface area contributed by atoms with Gasteiger partial charge in [-0.2, -0.15) is 0 Å². The number of benzene rings is 1. The topological polar surface area (TPSA) is 20.2 Å². The summed E-state index contributed by atoms with van der Waals surface area (Å²) in [4.78, 5) is 0. The van der Waals surface area contributed by atoms with Crippen LogP contribution in [0.15, 0.2) is 42.5 Å². The molecule has 0 spiro atoms. The molecule has 0 fully saturated rings. The van der Waals surface area contributed by atoms with Gasteiger partial charge in [0.15, 0.2) is 0 Å². The molecule has 1 aromatic carbocycles. The van der Waals surface area contributed by atoms with Crippen molar-refractivity contribution < 1.29 is 5.11 Å².